The molecule has 0 saturated carbocycles. The molecule has 2 aromatic heterocycles. The summed E-state index contributed by atoms with van der Waals surface area (Å²) in [6.45, 7) is 4.51. The zero-order valence-corrected chi connectivity index (χ0v) is 21.1. The highest BCUT2D eigenvalue weighted by Crippen LogP contribution is 2.42. The first kappa shape index (κ1) is 23.6. The fourth-order valence-electron chi connectivity index (χ4n) is 5.09. The number of carbonyl (C=O) groups is 1. The van der Waals surface area contributed by atoms with Gasteiger partial charge < -0.3 is 20.4 Å². The molecule has 0 spiro atoms. The normalized spacial score (nSPS) is 18.5. The summed E-state index contributed by atoms with van der Waals surface area (Å²) in [6.07, 6.45) is 6.04. The van der Waals surface area contributed by atoms with Crippen molar-refractivity contribution in [2.24, 2.45) is 5.92 Å². The van der Waals surface area contributed by atoms with Crippen LogP contribution in [0.2, 0.25) is 0 Å². The first-order chi connectivity index (χ1) is 16.6. The number of H-pyrrole nitrogens is 1. The van der Waals surface area contributed by atoms with Gasteiger partial charge in [-0.2, -0.15) is 0 Å². The highest BCUT2D eigenvalue weighted by Gasteiger charge is 2.33. The molecule has 2 aliphatic rings. The van der Waals surface area contributed by atoms with Gasteiger partial charge in [0.2, 0.25) is 5.91 Å². The molecule has 3 heterocycles. The van der Waals surface area contributed by atoms with Crippen molar-refractivity contribution in [3.63, 3.8) is 0 Å². The summed E-state index contributed by atoms with van der Waals surface area (Å²) in [5.74, 6) is 1.38. The summed E-state index contributed by atoms with van der Waals surface area (Å²) in [6, 6.07) is 6.09. The van der Waals surface area contributed by atoms with Crippen molar-refractivity contribution in [1.29, 1.82) is 0 Å². The summed E-state index contributed by atoms with van der Waals surface area (Å²) < 4.78 is 28.9. The van der Waals surface area contributed by atoms with E-state index in [1.54, 1.807) is 0 Å². The molecule has 1 atom stereocenters. The number of sulfone groups is 1. The number of nitrogens with one attached hydrogen (secondary N) is 3. The second-order valence-electron chi connectivity index (χ2n) is 10.2. The van der Waals surface area contributed by atoms with Crippen molar-refractivity contribution in [3.05, 3.63) is 41.3 Å². The molecule has 9 nitrogen and oxygen atoms in total. The molecule has 0 unspecified atom stereocenters. The van der Waals surface area contributed by atoms with Crippen molar-refractivity contribution < 1.29 is 17.9 Å². The van der Waals surface area contributed by atoms with Gasteiger partial charge in [-0.05, 0) is 51.2 Å². The van der Waals surface area contributed by atoms with Crippen LogP contribution in [0.4, 0.5) is 11.5 Å². The van der Waals surface area contributed by atoms with Gasteiger partial charge in [-0.25, -0.2) is 18.4 Å². The second-order valence-corrected chi connectivity index (χ2v) is 12.5. The van der Waals surface area contributed by atoms with Gasteiger partial charge in [0.05, 0.1) is 16.8 Å². The monoisotopic (exact) mass is 497 g/mol. The number of fused-ring (bicyclic) bond motifs is 4. The Kier molecular flexibility index (Phi) is 5.94. The Hall–Kier alpha value is -3.14. The van der Waals surface area contributed by atoms with Gasteiger partial charge in [-0.15, -0.1) is 0 Å². The van der Waals surface area contributed by atoms with Crippen LogP contribution in [0.15, 0.2) is 24.5 Å². The molecule has 0 bridgehead atoms. The standard InChI is InChI=1S/C25H31N5O4S/c1-25(2)13-16-6-4-7-19(21(16)34-25)30-23-20-17-12-15(24(31)26-10-5-11-35(3,32)33)8-9-18(17)29-22(20)27-14-28-23/h4,6-7,14-15H,5,8-13H2,1-3H3,(H,26,31)(H2,27,28,29,30)/t15-/m0/s1. The van der Waals surface area contributed by atoms with E-state index >= 15 is 0 Å². The molecule has 3 N–H and O–H groups in total. The van der Waals surface area contributed by atoms with E-state index in [9.17, 15) is 13.2 Å². The van der Waals surface area contributed by atoms with Gasteiger partial charge in [0.15, 0.2) is 0 Å². The average molecular weight is 498 g/mol. The number of hydrogen-bond acceptors (Lipinski definition) is 7. The van der Waals surface area contributed by atoms with Crippen molar-refractivity contribution >= 4 is 38.3 Å². The van der Waals surface area contributed by atoms with Gasteiger partial charge in [-0.1, -0.05) is 12.1 Å². The van der Waals surface area contributed by atoms with E-state index in [4.69, 9.17) is 4.74 Å². The number of benzene rings is 1. The number of carbonyl (C=O) groups excluding carboxylic acids is 1. The highest BCUT2D eigenvalue weighted by atomic mass is 32.2. The molecule has 0 radical (unpaired) electrons. The molecular weight excluding hydrogens is 466 g/mol. The number of hydrogen-bond donors (Lipinski definition) is 3. The molecule has 1 amide bonds. The Labute approximate surface area is 205 Å². The maximum Gasteiger partial charge on any atom is 0.223 e. The van der Waals surface area contributed by atoms with E-state index in [1.807, 2.05) is 12.1 Å². The fourth-order valence-corrected chi connectivity index (χ4v) is 5.76. The number of amides is 1. The van der Waals surface area contributed by atoms with E-state index in [2.05, 4.69) is 45.5 Å². The van der Waals surface area contributed by atoms with Crippen molar-refractivity contribution in [3.8, 4) is 5.75 Å². The topological polar surface area (TPSA) is 126 Å². The number of rotatable bonds is 7. The van der Waals surface area contributed by atoms with Crippen molar-refractivity contribution in [2.75, 3.05) is 23.9 Å². The van der Waals surface area contributed by atoms with E-state index < -0.39 is 9.84 Å². The van der Waals surface area contributed by atoms with Crippen LogP contribution in [0.3, 0.4) is 0 Å². The van der Waals surface area contributed by atoms with Crippen LogP contribution in [0.25, 0.3) is 11.0 Å². The smallest absolute Gasteiger partial charge is 0.223 e. The Morgan fingerprint density at radius 2 is 2.11 bits per heavy atom. The Morgan fingerprint density at radius 3 is 2.91 bits per heavy atom. The fraction of sp³-hybridized carbons (Fsp3) is 0.480. The summed E-state index contributed by atoms with van der Waals surface area (Å²) in [7, 11) is -3.03. The molecule has 0 fully saturated rings. The first-order valence-corrected chi connectivity index (χ1v) is 14.0. The van der Waals surface area contributed by atoms with Crippen LogP contribution in [0.1, 0.15) is 43.5 Å². The van der Waals surface area contributed by atoms with Crippen molar-refractivity contribution in [1.82, 2.24) is 20.3 Å². The van der Waals surface area contributed by atoms with Gasteiger partial charge in [0.25, 0.3) is 0 Å². The Bertz CT molecular complexity index is 1400. The summed E-state index contributed by atoms with van der Waals surface area (Å²) in [5.41, 5.74) is 4.65. The van der Waals surface area contributed by atoms with Crippen LogP contribution in [-0.4, -0.2) is 53.4 Å². The Morgan fingerprint density at radius 1 is 1.29 bits per heavy atom. The number of nitrogens with zero attached hydrogens (tertiary/aromatic N) is 2. The number of aryl methyl sites for hydroxylation is 1. The minimum atomic E-state index is -3.03. The summed E-state index contributed by atoms with van der Waals surface area (Å²) >= 11 is 0. The van der Waals surface area contributed by atoms with Gasteiger partial charge in [0, 0.05) is 36.4 Å². The molecule has 1 aliphatic heterocycles. The van der Waals surface area contributed by atoms with Gasteiger partial charge in [0.1, 0.15) is 39.0 Å². The maximum atomic E-state index is 12.8. The largest absolute Gasteiger partial charge is 0.485 e. The molecule has 1 aromatic carbocycles. The zero-order valence-electron chi connectivity index (χ0n) is 20.3. The molecule has 1 aliphatic carbocycles. The molecule has 3 aromatic rings. The van der Waals surface area contributed by atoms with Crippen LogP contribution in [0, 0.1) is 5.92 Å². The van der Waals surface area contributed by atoms with Gasteiger partial charge in [-0.3, -0.25) is 4.79 Å². The molecule has 186 valence electrons. The van der Waals surface area contributed by atoms with Crippen molar-refractivity contribution in [2.45, 2.75) is 51.6 Å². The van der Waals surface area contributed by atoms with Crippen LogP contribution < -0.4 is 15.4 Å². The average Bonchev–Trinajstić information content (AvgIpc) is 3.32. The molecule has 35 heavy (non-hydrogen) atoms. The van der Waals surface area contributed by atoms with E-state index in [0.717, 1.165) is 58.6 Å². The van der Waals surface area contributed by atoms with E-state index in [-0.39, 0.29) is 23.2 Å². The Balaban J connectivity index is 1.37. The van der Waals surface area contributed by atoms with Crippen LogP contribution in [0.5, 0.6) is 5.75 Å². The quantitative estimate of drug-likeness (QED) is 0.428. The third-order valence-electron chi connectivity index (χ3n) is 6.68. The predicted octanol–water partition coefficient (Wildman–Crippen LogP) is 3.07. The maximum absolute atomic E-state index is 12.8. The zero-order chi connectivity index (χ0) is 24.8. The molecule has 0 saturated heterocycles. The van der Waals surface area contributed by atoms with Crippen LogP contribution in [-0.2, 0) is 33.9 Å². The second kappa shape index (κ2) is 8.82. The molecular formula is C25H31N5O4S. The summed E-state index contributed by atoms with van der Waals surface area (Å²) in [5, 5.41) is 7.27. The lowest BCUT2D eigenvalue weighted by molar-refractivity contribution is -0.125. The lowest BCUT2D eigenvalue weighted by Gasteiger charge is -2.22. The minimum Gasteiger partial charge on any atom is -0.485 e. The predicted molar refractivity (Wildman–Crippen MR) is 135 cm³/mol. The number of para-hydroxylation sites is 1. The van der Waals surface area contributed by atoms with Gasteiger partial charge >= 0.3 is 0 Å². The number of ether oxygens (including phenoxy) is 1. The lowest BCUT2D eigenvalue weighted by atomic mass is 9.86. The first-order valence-electron chi connectivity index (χ1n) is 12.0. The molecule has 10 heteroatoms. The summed E-state index contributed by atoms with van der Waals surface area (Å²) in [4.78, 5) is 25.2. The lowest BCUT2D eigenvalue weighted by Crippen LogP contribution is -2.35. The minimum absolute atomic E-state index is 0.0404. The van der Waals surface area contributed by atoms with Crippen LogP contribution >= 0.6 is 0 Å². The third kappa shape index (κ3) is 4.98. The highest BCUT2D eigenvalue weighted by molar-refractivity contribution is 7.90. The molecule has 5 rings (SSSR count). The number of aromatic amines is 1. The van der Waals surface area contributed by atoms with E-state index in [0.29, 0.717) is 25.2 Å². The SMILES string of the molecule is CC1(C)Cc2cccc(Nc3ncnc4[nH]c5c(c34)C[C@@H](C(=O)NCCCS(C)(=O)=O)CC5)c2O1. The van der Waals surface area contributed by atoms with E-state index in [1.165, 1.54) is 12.6 Å². The third-order valence-corrected chi connectivity index (χ3v) is 7.71. The number of aromatic nitrogens is 3. The number of anilines is 2.